The van der Waals surface area contributed by atoms with Crippen molar-refractivity contribution in [3.8, 4) is 0 Å². The van der Waals surface area contributed by atoms with Gasteiger partial charge in [0.2, 0.25) is 9.84 Å². The molecule has 104 valence electrons. The molecule has 0 amide bonds. The quantitative estimate of drug-likeness (QED) is 0.640. The van der Waals surface area contributed by atoms with Crippen molar-refractivity contribution in [3.05, 3.63) is 39.9 Å². The predicted octanol–water partition coefficient (Wildman–Crippen LogP) is 1.78. The molecule has 0 aliphatic carbocycles. The predicted molar refractivity (Wildman–Crippen MR) is 93.5 cm³/mol. The summed E-state index contributed by atoms with van der Waals surface area (Å²) in [5.74, 6) is 0. The van der Waals surface area contributed by atoms with Gasteiger partial charge < -0.3 is 0 Å². The van der Waals surface area contributed by atoms with Gasteiger partial charge in [0.25, 0.3) is 0 Å². The number of thiol groups is 1. The summed E-state index contributed by atoms with van der Waals surface area (Å²) in [6.45, 7) is 3.53. The summed E-state index contributed by atoms with van der Waals surface area (Å²) in [7, 11) is 8.18. The van der Waals surface area contributed by atoms with Gasteiger partial charge in [0.1, 0.15) is 15.7 Å². The Balaban J connectivity index is 2.80. The minimum absolute atomic E-state index is 0.0336. The topological polar surface area (TPSA) is 34.1 Å². The average molecular weight is 377 g/mol. The Morgan fingerprint density at radius 3 is 2.00 bits per heavy atom. The zero-order chi connectivity index (χ0) is 15.9. The lowest BCUT2D eigenvalue weighted by atomic mass is 9.81. The summed E-state index contributed by atoms with van der Waals surface area (Å²) < 4.78 is 26.4. The summed E-state index contributed by atoms with van der Waals surface area (Å²) in [6, 6.07) is 6.34. The van der Waals surface area contributed by atoms with Crippen molar-refractivity contribution in [2.24, 2.45) is 0 Å². The van der Waals surface area contributed by atoms with E-state index in [-0.39, 0.29) is 20.1 Å². The summed E-state index contributed by atoms with van der Waals surface area (Å²) in [5, 5.41) is 0. The molecule has 0 aromatic heterocycles. The van der Waals surface area contributed by atoms with Crippen LogP contribution >= 0.6 is 28.6 Å². The number of halogens is 1. The van der Waals surface area contributed by atoms with Gasteiger partial charge in [0.05, 0.1) is 9.79 Å². The van der Waals surface area contributed by atoms with E-state index in [1.165, 1.54) is 12.1 Å². The maximum Gasteiger partial charge on any atom is 0.207 e. The van der Waals surface area contributed by atoms with Crippen LogP contribution in [0.25, 0.3) is 0 Å². The maximum atomic E-state index is 12.8. The van der Waals surface area contributed by atoms with Gasteiger partial charge in [-0.2, -0.15) is 0 Å². The van der Waals surface area contributed by atoms with Crippen LogP contribution in [0.5, 0.6) is 0 Å². The summed E-state index contributed by atoms with van der Waals surface area (Å²) in [5.41, 5.74) is 1.92. The lowest BCUT2D eigenvalue weighted by molar-refractivity contribution is 0.595. The van der Waals surface area contributed by atoms with E-state index in [0.29, 0.717) is 11.0 Å². The minimum atomic E-state index is -3.78. The van der Waals surface area contributed by atoms with Crippen LogP contribution in [0.3, 0.4) is 0 Å². The Labute approximate surface area is 141 Å². The standard InChI is InChI=1S/C14H11B2BrO2S2/c1-7-8(2)12(16)14(13(20)11(7)15)21(18,19)10-5-3-9(17)4-6-10/h3-6,20H,1-2H3. The van der Waals surface area contributed by atoms with Gasteiger partial charge >= 0.3 is 0 Å². The largest absolute Gasteiger partial charge is 0.218 e. The van der Waals surface area contributed by atoms with E-state index >= 15 is 0 Å². The van der Waals surface area contributed by atoms with Crippen LogP contribution in [0.1, 0.15) is 11.1 Å². The summed E-state index contributed by atoms with van der Waals surface area (Å²) >= 11 is 7.54. The maximum absolute atomic E-state index is 12.8. The molecule has 21 heavy (non-hydrogen) atoms. The van der Waals surface area contributed by atoms with Crippen molar-refractivity contribution >= 4 is 65.0 Å². The number of sulfone groups is 1. The van der Waals surface area contributed by atoms with Gasteiger partial charge in [-0.15, -0.1) is 12.6 Å². The highest BCUT2D eigenvalue weighted by Gasteiger charge is 2.25. The van der Waals surface area contributed by atoms with E-state index in [4.69, 9.17) is 15.7 Å². The second-order valence-electron chi connectivity index (χ2n) is 4.71. The summed E-state index contributed by atoms with van der Waals surface area (Å²) in [6.07, 6.45) is 0. The van der Waals surface area contributed by atoms with Crippen molar-refractivity contribution in [2.45, 2.75) is 28.5 Å². The fraction of sp³-hybridized carbons (Fsp3) is 0.143. The molecule has 2 rings (SSSR count). The van der Waals surface area contributed by atoms with Crippen LogP contribution in [0.4, 0.5) is 0 Å². The van der Waals surface area contributed by atoms with Gasteiger partial charge in [-0.3, -0.25) is 0 Å². The lowest BCUT2D eigenvalue weighted by Gasteiger charge is -2.19. The van der Waals surface area contributed by atoms with Crippen LogP contribution in [0, 0.1) is 13.8 Å². The normalized spacial score (nSPS) is 11.6. The zero-order valence-electron chi connectivity index (χ0n) is 11.5. The first-order chi connectivity index (χ1) is 9.67. The highest BCUT2D eigenvalue weighted by atomic mass is 79.9. The Morgan fingerprint density at radius 1 is 1.00 bits per heavy atom. The molecule has 0 saturated carbocycles. The van der Waals surface area contributed by atoms with Crippen LogP contribution in [-0.4, -0.2) is 24.1 Å². The molecule has 2 nitrogen and oxygen atoms in total. The Bertz CT molecular complexity index is 787. The Kier molecular flexibility index (Phi) is 4.66. The Hall–Kier alpha value is -0.650. The lowest BCUT2D eigenvalue weighted by Crippen LogP contribution is -2.28. The highest BCUT2D eigenvalue weighted by Crippen LogP contribution is 2.26. The van der Waals surface area contributed by atoms with Crippen LogP contribution in [-0.2, 0) is 9.84 Å². The van der Waals surface area contributed by atoms with Crippen molar-refractivity contribution in [2.75, 3.05) is 0 Å². The first kappa shape index (κ1) is 16.7. The molecule has 7 heteroatoms. The highest BCUT2D eigenvalue weighted by molar-refractivity contribution is 9.10. The molecule has 0 aliphatic heterocycles. The minimum Gasteiger partial charge on any atom is -0.218 e. The summed E-state index contributed by atoms with van der Waals surface area (Å²) in [4.78, 5) is 0.308. The molecule has 2 aromatic rings. The molecule has 4 radical (unpaired) electrons. The van der Waals surface area contributed by atoms with Crippen LogP contribution in [0.15, 0.2) is 43.4 Å². The smallest absolute Gasteiger partial charge is 0.207 e. The fourth-order valence-electron chi connectivity index (χ4n) is 2.01. The first-order valence-corrected chi connectivity index (χ1v) is 8.78. The second kappa shape index (κ2) is 5.86. The van der Waals surface area contributed by atoms with Gasteiger partial charge in [0, 0.05) is 9.37 Å². The Morgan fingerprint density at radius 2 is 1.48 bits per heavy atom. The van der Waals surface area contributed by atoms with E-state index in [0.717, 1.165) is 10.0 Å². The number of rotatable bonds is 2. The van der Waals surface area contributed by atoms with Gasteiger partial charge in [-0.1, -0.05) is 38.0 Å². The van der Waals surface area contributed by atoms with Crippen LogP contribution < -0.4 is 10.9 Å². The van der Waals surface area contributed by atoms with E-state index in [1.54, 1.807) is 26.0 Å². The third kappa shape index (κ3) is 2.83. The van der Waals surface area contributed by atoms with E-state index in [2.05, 4.69) is 28.6 Å². The van der Waals surface area contributed by atoms with Gasteiger partial charge in [-0.25, -0.2) is 8.42 Å². The number of hydrogen-bond acceptors (Lipinski definition) is 3. The van der Waals surface area contributed by atoms with Crippen LogP contribution in [0.2, 0.25) is 0 Å². The van der Waals surface area contributed by atoms with E-state index < -0.39 is 9.84 Å². The molecule has 0 fully saturated rings. The molecule has 0 N–H and O–H groups in total. The third-order valence-corrected chi connectivity index (χ3v) is 6.48. The fourth-order valence-corrected chi connectivity index (χ4v) is 4.46. The van der Waals surface area contributed by atoms with Crippen molar-refractivity contribution < 1.29 is 8.42 Å². The number of benzene rings is 2. The third-order valence-electron chi connectivity index (χ3n) is 3.48. The van der Waals surface area contributed by atoms with Crippen molar-refractivity contribution in [3.63, 3.8) is 0 Å². The SMILES string of the molecule is [B]c1c(C)c(C)c([B])c(S(=O)(=O)c2ccc(Br)cc2)c1S. The van der Waals surface area contributed by atoms with Gasteiger partial charge in [-0.05, 0) is 38.1 Å². The zero-order valence-corrected chi connectivity index (χ0v) is 14.8. The average Bonchev–Trinajstić information content (AvgIpc) is 2.43. The van der Waals surface area contributed by atoms with E-state index in [9.17, 15) is 8.42 Å². The van der Waals surface area contributed by atoms with Crippen molar-refractivity contribution in [1.82, 2.24) is 0 Å². The first-order valence-electron chi connectivity index (χ1n) is 6.05. The van der Waals surface area contributed by atoms with Crippen molar-refractivity contribution in [1.29, 1.82) is 0 Å². The second-order valence-corrected chi connectivity index (χ2v) is 7.96. The molecule has 0 unspecified atom stereocenters. The van der Waals surface area contributed by atoms with E-state index in [1.807, 2.05) is 0 Å². The molecular weight excluding hydrogens is 366 g/mol. The monoisotopic (exact) mass is 376 g/mol. The molecule has 0 aliphatic rings. The molecule has 2 aromatic carbocycles. The molecule has 0 saturated heterocycles. The molecular formula is C14H11B2BrO2S2. The van der Waals surface area contributed by atoms with Gasteiger partial charge in [0.15, 0.2) is 0 Å². The molecule has 0 bridgehead atoms. The molecule has 0 heterocycles. The molecule has 0 spiro atoms. The number of hydrogen-bond donors (Lipinski definition) is 1. The molecule has 0 atom stereocenters.